The Balaban J connectivity index is 1.31. The van der Waals surface area contributed by atoms with Crippen LogP contribution in [0.4, 0.5) is 5.82 Å². The molecule has 2 aliphatic heterocycles. The van der Waals surface area contributed by atoms with Crippen LogP contribution in [0.2, 0.25) is 0 Å². The molecule has 2 aromatic heterocycles. The summed E-state index contributed by atoms with van der Waals surface area (Å²) in [5, 5.41) is 12.7. The zero-order valence-electron chi connectivity index (χ0n) is 14.2. The molecular formula is C16H23N7O. The van der Waals surface area contributed by atoms with Crippen LogP contribution in [-0.2, 0) is 4.79 Å². The normalized spacial score (nSPS) is 18.9. The van der Waals surface area contributed by atoms with Crippen LogP contribution >= 0.6 is 0 Å². The third-order valence-electron chi connectivity index (χ3n) is 5.11. The quantitative estimate of drug-likeness (QED) is 0.779. The third kappa shape index (κ3) is 2.71. The summed E-state index contributed by atoms with van der Waals surface area (Å²) < 4.78 is 1.78. The summed E-state index contributed by atoms with van der Waals surface area (Å²) in [5.41, 5.74) is 0.778. The van der Waals surface area contributed by atoms with E-state index in [2.05, 4.69) is 32.1 Å². The number of rotatable bonds is 5. The second-order valence-electron chi connectivity index (χ2n) is 6.73. The van der Waals surface area contributed by atoms with Crippen molar-refractivity contribution in [1.29, 1.82) is 0 Å². The van der Waals surface area contributed by atoms with Crippen LogP contribution in [0.1, 0.15) is 18.7 Å². The molecule has 24 heavy (non-hydrogen) atoms. The van der Waals surface area contributed by atoms with Gasteiger partial charge in [-0.2, -0.15) is 4.52 Å². The molecule has 0 aliphatic carbocycles. The number of hydrogen-bond donors (Lipinski definition) is 0. The van der Waals surface area contributed by atoms with Crippen LogP contribution in [-0.4, -0.2) is 81.3 Å². The first-order valence-corrected chi connectivity index (χ1v) is 8.54. The van der Waals surface area contributed by atoms with Crippen LogP contribution in [0.3, 0.4) is 0 Å². The van der Waals surface area contributed by atoms with E-state index in [0.29, 0.717) is 11.9 Å². The lowest BCUT2D eigenvalue weighted by Crippen LogP contribution is -2.59. The molecule has 4 heterocycles. The molecule has 1 amide bonds. The third-order valence-corrected chi connectivity index (χ3v) is 5.11. The molecule has 4 rings (SSSR count). The van der Waals surface area contributed by atoms with Gasteiger partial charge in [-0.25, -0.2) is 0 Å². The van der Waals surface area contributed by atoms with Gasteiger partial charge in [0.15, 0.2) is 11.5 Å². The minimum absolute atomic E-state index is 0.306. The number of amides is 1. The lowest BCUT2D eigenvalue weighted by molar-refractivity contribution is -0.127. The summed E-state index contributed by atoms with van der Waals surface area (Å²) in [6.07, 6.45) is 1.73. The molecule has 0 atom stereocenters. The highest BCUT2D eigenvalue weighted by Crippen LogP contribution is 2.21. The highest BCUT2D eigenvalue weighted by Gasteiger charge is 2.31. The molecule has 2 fully saturated rings. The number of likely N-dealkylation sites (tertiary alicyclic amines) is 1. The molecule has 128 valence electrons. The summed E-state index contributed by atoms with van der Waals surface area (Å²) >= 11 is 0. The van der Waals surface area contributed by atoms with E-state index < -0.39 is 0 Å². The fourth-order valence-electron chi connectivity index (χ4n) is 3.38. The Hall–Kier alpha value is -2.22. The maximum absolute atomic E-state index is 11.7. The monoisotopic (exact) mass is 329 g/mol. The standard InChI is InChI=1S/C16H23N7O/c1-12-17-18-14-5-6-15(19-23(12)14)22-10-13(11-22)20(2)8-9-21-7-3-4-16(21)24/h5-6,13H,3-4,7-11H2,1-2H3. The number of fused-ring (bicyclic) bond motifs is 1. The minimum Gasteiger partial charge on any atom is -0.352 e. The van der Waals surface area contributed by atoms with Gasteiger partial charge in [-0.15, -0.1) is 15.3 Å². The van der Waals surface area contributed by atoms with E-state index in [1.165, 1.54) is 0 Å². The molecule has 8 heteroatoms. The van der Waals surface area contributed by atoms with Gasteiger partial charge in [-0.1, -0.05) is 0 Å². The molecule has 0 spiro atoms. The average molecular weight is 329 g/mol. The number of carbonyl (C=O) groups is 1. The van der Waals surface area contributed by atoms with Crippen molar-refractivity contribution in [3.8, 4) is 0 Å². The second kappa shape index (κ2) is 6.01. The van der Waals surface area contributed by atoms with Crippen LogP contribution in [0.15, 0.2) is 12.1 Å². The topological polar surface area (TPSA) is 69.9 Å². The average Bonchev–Trinajstić information content (AvgIpc) is 3.10. The number of aromatic nitrogens is 4. The lowest BCUT2D eigenvalue weighted by Gasteiger charge is -2.44. The summed E-state index contributed by atoms with van der Waals surface area (Å²) in [6.45, 7) is 6.53. The largest absolute Gasteiger partial charge is 0.352 e. The predicted octanol–water partition coefficient (Wildman–Crippen LogP) is 0.176. The van der Waals surface area contributed by atoms with Gasteiger partial charge >= 0.3 is 0 Å². The molecule has 2 aliphatic rings. The highest BCUT2D eigenvalue weighted by molar-refractivity contribution is 5.78. The predicted molar refractivity (Wildman–Crippen MR) is 90.0 cm³/mol. The summed E-state index contributed by atoms with van der Waals surface area (Å²) in [6, 6.07) is 4.48. The number of anilines is 1. The van der Waals surface area contributed by atoms with Crippen molar-refractivity contribution in [2.75, 3.05) is 44.7 Å². The molecule has 0 aromatic carbocycles. The van der Waals surface area contributed by atoms with Crippen molar-refractivity contribution in [3.63, 3.8) is 0 Å². The molecular weight excluding hydrogens is 306 g/mol. The lowest BCUT2D eigenvalue weighted by atomic mass is 10.1. The van der Waals surface area contributed by atoms with Crippen molar-refractivity contribution in [3.05, 3.63) is 18.0 Å². The molecule has 0 N–H and O–H groups in total. The Kier molecular flexibility index (Phi) is 3.84. The first-order valence-electron chi connectivity index (χ1n) is 8.54. The van der Waals surface area contributed by atoms with Crippen LogP contribution < -0.4 is 4.90 Å². The highest BCUT2D eigenvalue weighted by atomic mass is 16.2. The van der Waals surface area contributed by atoms with E-state index in [1.54, 1.807) is 4.52 Å². The van der Waals surface area contributed by atoms with Gasteiger partial charge in [0.2, 0.25) is 5.91 Å². The Labute approximate surface area is 141 Å². The number of nitrogens with zero attached hydrogens (tertiary/aromatic N) is 7. The summed E-state index contributed by atoms with van der Waals surface area (Å²) in [5.74, 6) is 2.07. The van der Waals surface area contributed by atoms with Crippen molar-refractivity contribution in [2.45, 2.75) is 25.8 Å². The molecule has 2 aromatic rings. The van der Waals surface area contributed by atoms with Crippen LogP contribution in [0.25, 0.3) is 5.65 Å². The summed E-state index contributed by atoms with van der Waals surface area (Å²) in [7, 11) is 2.14. The van der Waals surface area contributed by atoms with E-state index in [1.807, 2.05) is 24.0 Å². The molecule has 0 unspecified atom stereocenters. The maximum Gasteiger partial charge on any atom is 0.222 e. The summed E-state index contributed by atoms with van der Waals surface area (Å²) in [4.78, 5) is 18.3. The van der Waals surface area contributed by atoms with Crippen molar-refractivity contribution >= 4 is 17.4 Å². The van der Waals surface area contributed by atoms with Crippen molar-refractivity contribution in [2.24, 2.45) is 0 Å². The first kappa shape index (κ1) is 15.3. The van der Waals surface area contributed by atoms with Gasteiger partial charge in [0, 0.05) is 45.2 Å². The minimum atomic E-state index is 0.306. The van der Waals surface area contributed by atoms with Crippen molar-refractivity contribution < 1.29 is 4.79 Å². The van der Waals surface area contributed by atoms with E-state index in [-0.39, 0.29) is 0 Å². The fourth-order valence-corrected chi connectivity index (χ4v) is 3.38. The molecule has 0 saturated carbocycles. The fraction of sp³-hybridized carbons (Fsp3) is 0.625. The Morgan fingerprint density at radius 1 is 1.29 bits per heavy atom. The molecule has 8 nitrogen and oxygen atoms in total. The number of likely N-dealkylation sites (N-methyl/N-ethyl adjacent to an activating group) is 1. The van der Waals surface area contributed by atoms with E-state index >= 15 is 0 Å². The van der Waals surface area contributed by atoms with E-state index in [9.17, 15) is 4.79 Å². The van der Waals surface area contributed by atoms with Gasteiger partial charge in [0.1, 0.15) is 5.82 Å². The SMILES string of the molecule is Cc1nnc2ccc(N3CC(N(C)CCN4CCCC4=O)C3)nn12. The smallest absolute Gasteiger partial charge is 0.222 e. The van der Waals surface area contributed by atoms with Gasteiger partial charge < -0.3 is 9.80 Å². The maximum atomic E-state index is 11.7. The Morgan fingerprint density at radius 3 is 2.88 bits per heavy atom. The van der Waals surface area contributed by atoms with Gasteiger partial charge in [-0.05, 0) is 32.5 Å². The molecule has 0 radical (unpaired) electrons. The van der Waals surface area contributed by atoms with E-state index in [4.69, 9.17) is 0 Å². The Morgan fingerprint density at radius 2 is 2.12 bits per heavy atom. The molecule has 0 bridgehead atoms. The van der Waals surface area contributed by atoms with Crippen LogP contribution in [0.5, 0.6) is 0 Å². The zero-order chi connectivity index (χ0) is 16.7. The Bertz CT molecular complexity index is 752. The number of hydrogen-bond acceptors (Lipinski definition) is 6. The van der Waals surface area contributed by atoms with Gasteiger partial charge in [0.05, 0.1) is 0 Å². The number of carbonyl (C=O) groups excluding carboxylic acids is 1. The van der Waals surface area contributed by atoms with Gasteiger partial charge in [-0.3, -0.25) is 9.69 Å². The van der Waals surface area contributed by atoms with Crippen molar-refractivity contribution in [1.82, 2.24) is 29.6 Å². The van der Waals surface area contributed by atoms with Gasteiger partial charge in [0.25, 0.3) is 0 Å². The zero-order valence-corrected chi connectivity index (χ0v) is 14.2. The molecule has 2 saturated heterocycles. The first-order chi connectivity index (χ1) is 11.6. The second-order valence-corrected chi connectivity index (χ2v) is 6.73. The van der Waals surface area contributed by atoms with Crippen LogP contribution in [0, 0.1) is 6.92 Å². The number of aryl methyl sites for hydroxylation is 1. The van der Waals surface area contributed by atoms with E-state index in [0.717, 1.165) is 62.9 Å².